The molecule has 1 heterocycles. The zero-order valence-corrected chi connectivity index (χ0v) is 16.4. The third-order valence-corrected chi connectivity index (χ3v) is 5.99. The van der Waals surface area contributed by atoms with Gasteiger partial charge < -0.3 is 15.8 Å². The van der Waals surface area contributed by atoms with Crippen molar-refractivity contribution in [2.45, 2.75) is 37.1 Å². The summed E-state index contributed by atoms with van der Waals surface area (Å²) in [6.45, 7) is 4.85. The molecule has 0 saturated carbocycles. The van der Waals surface area contributed by atoms with E-state index >= 15 is 0 Å². The molecule has 2 rings (SSSR count). The highest BCUT2D eigenvalue weighted by Crippen LogP contribution is 2.30. The second-order valence-electron chi connectivity index (χ2n) is 6.52. The molecule has 1 aromatic carbocycles. The molecule has 9 heteroatoms. The van der Waals surface area contributed by atoms with Gasteiger partial charge in [0.1, 0.15) is 10.6 Å². The van der Waals surface area contributed by atoms with Crippen molar-refractivity contribution < 1.29 is 17.9 Å². The number of carbonyl (C=O) groups excluding carboxylic acids is 1. The van der Waals surface area contributed by atoms with Gasteiger partial charge in [-0.25, -0.2) is 8.42 Å². The first-order valence-corrected chi connectivity index (χ1v) is 9.36. The van der Waals surface area contributed by atoms with E-state index in [2.05, 4.69) is 5.32 Å². The predicted molar refractivity (Wildman–Crippen MR) is 98.8 cm³/mol. The normalized spacial score (nSPS) is 15.5. The molecule has 142 valence electrons. The van der Waals surface area contributed by atoms with Crippen LogP contribution in [-0.4, -0.2) is 50.9 Å². The summed E-state index contributed by atoms with van der Waals surface area (Å²) in [5.74, 6) is -0.137. The Hall–Kier alpha value is -1.35. The van der Waals surface area contributed by atoms with Crippen LogP contribution in [0.25, 0.3) is 0 Å². The van der Waals surface area contributed by atoms with Crippen molar-refractivity contribution in [2.75, 3.05) is 26.7 Å². The van der Waals surface area contributed by atoms with Crippen molar-refractivity contribution >= 4 is 28.3 Å². The van der Waals surface area contributed by atoms with Gasteiger partial charge in [0.15, 0.2) is 0 Å². The Morgan fingerprint density at radius 1 is 1.32 bits per heavy atom. The second-order valence-corrected chi connectivity index (χ2v) is 8.43. The van der Waals surface area contributed by atoms with E-state index in [1.807, 2.05) is 0 Å². The number of nitrogens with two attached hydrogens (primary N) is 1. The SMILES string of the molecule is COc1ccc(C(=O)NC(C)(C)CN)cc1S(=O)(=O)N1CCCC1.Cl. The maximum absolute atomic E-state index is 12.8. The van der Waals surface area contributed by atoms with E-state index < -0.39 is 15.6 Å². The van der Waals surface area contributed by atoms with Crippen LogP contribution in [0.2, 0.25) is 0 Å². The van der Waals surface area contributed by atoms with E-state index in [4.69, 9.17) is 10.5 Å². The Kier molecular flexibility index (Phi) is 7.25. The van der Waals surface area contributed by atoms with Crippen LogP contribution in [0.4, 0.5) is 0 Å². The van der Waals surface area contributed by atoms with E-state index in [1.54, 1.807) is 19.9 Å². The maximum atomic E-state index is 12.8. The van der Waals surface area contributed by atoms with E-state index in [-0.39, 0.29) is 41.1 Å². The quantitative estimate of drug-likeness (QED) is 0.762. The molecule has 0 aromatic heterocycles. The maximum Gasteiger partial charge on any atom is 0.251 e. The van der Waals surface area contributed by atoms with E-state index in [9.17, 15) is 13.2 Å². The highest BCUT2D eigenvalue weighted by Gasteiger charge is 2.31. The van der Waals surface area contributed by atoms with Gasteiger partial charge in [-0.15, -0.1) is 12.4 Å². The van der Waals surface area contributed by atoms with E-state index in [0.717, 1.165) is 12.8 Å². The van der Waals surface area contributed by atoms with Crippen molar-refractivity contribution in [1.82, 2.24) is 9.62 Å². The summed E-state index contributed by atoms with van der Waals surface area (Å²) in [6, 6.07) is 4.42. The van der Waals surface area contributed by atoms with Crippen LogP contribution in [0, 0.1) is 0 Å². The third-order valence-electron chi connectivity index (χ3n) is 4.07. The smallest absolute Gasteiger partial charge is 0.251 e. The molecule has 0 radical (unpaired) electrons. The molecule has 1 saturated heterocycles. The minimum Gasteiger partial charge on any atom is -0.495 e. The second kappa shape index (κ2) is 8.35. The largest absolute Gasteiger partial charge is 0.495 e. The molecule has 0 spiro atoms. The van der Waals surface area contributed by atoms with Gasteiger partial charge in [-0.1, -0.05) is 0 Å². The molecular weight excluding hydrogens is 366 g/mol. The molecule has 1 aliphatic heterocycles. The van der Waals surface area contributed by atoms with Crippen LogP contribution in [0.1, 0.15) is 37.0 Å². The number of amides is 1. The third kappa shape index (κ3) is 4.84. The van der Waals surface area contributed by atoms with E-state index in [1.165, 1.54) is 23.5 Å². The first kappa shape index (κ1) is 21.7. The van der Waals surface area contributed by atoms with Gasteiger partial charge >= 0.3 is 0 Å². The Balaban J connectivity index is 0.00000312. The summed E-state index contributed by atoms with van der Waals surface area (Å²) in [4.78, 5) is 12.4. The molecule has 0 aliphatic carbocycles. The molecule has 7 nitrogen and oxygen atoms in total. The number of carbonyl (C=O) groups is 1. The van der Waals surface area contributed by atoms with Crippen LogP contribution in [0.15, 0.2) is 23.1 Å². The van der Waals surface area contributed by atoms with Crippen LogP contribution in [0.5, 0.6) is 5.75 Å². The molecule has 25 heavy (non-hydrogen) atoms. The lowest BCUT2D eigenvalue weighted by Crippen LogP contribution is -2.48. The average molecular weight is 392 g/mol. The van der Waals surface area contributed by atoms with Gasteiger partial charge in [-0.05, 0) is 44.9 Å². The highest BCUT2D eigenvalue weighted by molar-refractivity contribution is 7.89. The first-order valence-electron chi connectivity index (χ1n) is 7.92. The highest BCUT2D eigenvalue weighted by atomic mass is 35.5. The molecule has 0 bridgehead atoms. The van der Waals surface area contributed by atoms with Gasteiger partial charge in [0, 0.05) is 30.7 Å². The summed E-state index contributed by atoms with van der Waals surface area (Å²) in [5.41, 5.74) is 5.30. The number of hydrogen-bond acceptors (Lipinski definition) is 5. The summed E-state index contributed by atoms with van der Waals surface area (Å²) in [5, 5.41) is 2.79. The van der Waals surface area contributed by atoms with Crippen LogP contribution < -0.4 is 15.8 Å². The van der Waals surface area contributed by atoms with E-state index in [0.29, 0.717) is 13.1 Å². The lowest BCUT2D eigenvalue weighted by Gasteiger charge is -2.24. The number of nitrogens with zero attached hydrogens (tertiary/aromatic N) is 1. The standard InChI is InChI=1S/C16H25N3O4S.ClH/c1-16(2,11-17)18-15(20)12-6-7-13(23-3)14(10-12)24(21,22)19-8-4-5-9-19;/h6-7,10H,4-5,8-9,11,17H2,1-3H3,(H,18,20);1H. The molecule has 3 N–H and O–H groups in total. The molecule has 0 atom stereocenters. The first-order chi connectivity index (χ1) is 11.2. The monoisotopic (exact) mass is 391 g/mol. The number of hydrogen-bond donors (Lipinski definition) is 2. The summed E-state index contributed by atoms with van der Waals surface area (Å²) in [7, 11) is -2.27. The number of ether oxygens (including phenoxy) is 1. The Morgan fingerprint density at radius 2 is 1.92 bits per heavy atom. The Morgan fingerprint density at radius 3 is 2.44 bits per heavy atom. The minimum absolute atomic E-state index is 0. The predicted octanol–water partition coefficient (Wildman–Crippen LogP) is 1.37. The van der Waals surface area contributed by atoms with Crippen LogP contribution >= 0.6 is 12.4 Å². The summed E-state index contributed by atoms with van der Waals surface area (Å²) >= 11 is 0. The molecule has 1 aliphatic rings. The number of rotatable bonds is 6. The molecule has 1 aromatic rings. The van der Waals surface area contributed by atoms with Crippen molar-refractivity contribution in [3.63, 3.8) is 0 Å². The zero-order valence-electron chi connectivity index (χ0n) is 14.7. The number of benzene rings is 1. The average Bonchev–Trinajstić information content (AvgIpc) is 3.09. The minimum atomic E-state index is -3.68. The van der Waals surface area contributed by atoms with Gasteiger partial charge in [-0.2, -0.15) is 4.31 Å². The zero-order chi connectivity index (χ0) is 18.0. The summed E-state index contributed by atoms with van der Waals surface area (Å²) < 4.78 is 32.3. The van der Waals surface area contributed by atoms with Crippen LogP contribution in [-0.2, 0) is 10.0 Å². The number of methoxy groups -OCH3 is 1. The lowest BCUT2D eigenvalue weighted by atomic mass is 10.1. The van der Waals surface area contributed by atoms with Crippen molar-refractivity contribution in [1.29, 1.82) is 0 Å². The fourth-order valence-electron chi connectivity index (χ4n) is 2.52. The Bertz CT molecular complexity index is 716. The van der Waals surface area contributed by atoms with Gasteiger partial charge in [0.05, 0.1) is 7.11 Å². The van der Waals surface area contributed by atoms with Crippen molar-refractivity contribution in [3.8, 4) is 5.75 Å². The van der Waals surface area contributed by atoms with Crippen LogP contribution in [0.3, 0.4) is 0 Å². The van der Waals surface area contributed by atoms with Gasteiger partial charge in [-0.3, -0.25) is 4.79 Å². The molecule has 0 unspecified atom stereocenters. The lowest BCUT2D eigenvalue weighted by molar-refractivity contribution is 0.0915. The molecule has 1 amide bonds. The topological polar surface area (TPSA) is 102 Å². The van der Waals surface area contributed by atoms with Gasteiger partial charge in [0.25, 0.3) is 5.91 Å². The van der Waals surface area contributed by atoms with Crippen molar-refractivity contribution in [3.05, 3.63) is 23.8 Å². The Labute approximate surface area is 155 Å². The fourth-order valence-corrected chi connectivity index (χ4v) is 4.22. The molecule has 1 fully saturated rings. The number of halogens is 1. The number of nitrogens with one attached hydrogen (secondary N) is 1. The van der Waals surface area contributed by atoms with Gasteiger partial charge in [0.2, 0.25) is 10.0 Å². The van der Waals surface area contributed by atoms with Crippen molar-refractivity contribution in [2.24, 2.45) is 5.73 Å². The molecular formula is C16H26ClN3O4S. The summed E-state index contributed by atoms with van der Waals surface area (Å²) in [6.07, 6.45) is 1.68. The fraction of sp³-hybridized carbons (Fsp3) is 0.562. The number of sulfonamides is 1.